The van der Waals surface area contributed by atoms with Gasteiger partial charge in [-0.25, -0.2) is 4.39 Å². The highest BCUT2D eigenvalue weighted by Gasteiger charge is 2.22. The summed E-state index contributed by atoms with van der Waals surface area (Å²) in [4.78, 5) is 2.40. The van der Waals surface area contributed by atoms with Gasteiger partial charge in [-0.3, -0.25) is 4.90 Å². The minimum absolute atomic E-state index is 0. The molecule has 0 aliphatic carbocycles. The fraction of sp³-hybridized carbons (Fsp3) is 0.538. The van der Waals surface area contributed by atoms with Crippen LogP contribution in [0.3, 0.4) is 0 Å². The third kappa shape index (κ3) is 3.41. The number of rotatable bonds is 3. The molecule has 1 aromatic carbocycles. The number of nitrogens with zero attached hydrogens (tertiary/aromatic N) is 1. The highest BCUT2D eigenvalue weighted by molar-refractivity contribution is 5.85. The molecule has 1 saturated heterocycles. The highest BCUT2D eigenvalue weighted by atomic mass is 35.5. The van der Waals surface area contributed by atoms with Crippen LogP contribution in [-0.4, -0.2) is 24.0 Å². The summed E-state index contributed by atoms with van der Waals surface area (Å²) in [5, 5.41) is 0. The van der Waals surface area contributed by atoms with Crippen molar-refractivity contribution in [3.05, 3.63) is 35.1 Å². The molecule has 2 rings (SSSR count). The monoisotopic (exact) mass is 258 g/mol. The van der Waals surface area contributed by atoms with E-state index >= 15 is 0 Å². The molecule has 0 amide bonds. The SMILES string of the molecule is Cc1cc(CN2CCCC2CN)ccc1F.Cl. The van der Waals surface area contributed by atoms with Gasteiger partial charge < -0.3 is 5.73 Å². The lowest BCUT2D eigenvalue weighted by atomic mass is 10.1. The lowest BCUT2D eigenvalue weighted by Crippen LogP contribution is -2.34. The van der Waals surface area contributed by atoms with Gasteiger partial charge in [0.1, 0.15) is 5.82 Å². The third-order valence-electron chi connectivity index (χ3n) is 3.38. The molecule has 1 aliphatic rings. The summed E-state index contributed by atoms with van der Waals surface area (Å²) in [6.07, 6.45) is 2.42. The van der Waals surface area contributed by atoms with Crippen molar-refractivity contribution in [2.75, 3.05) is 13.1 Å². The third-order valence-corrected chi connectivity index (χ3v) is 3.38. The fourth-order valence-corrected chi connectivity index (χ4v) is 2.41. The van der Waals surface area contributed by atoms with Crippen molar-refractivity contribution in [2.24, 2.45) is 5.73 Å². The summed E-state index contributed by atoms with van der Waals surface area (Å²) in [5.41, 5.74) is 7.63. The van der Waals surface area contributed by atoms with Crippen molar-refractivity contribution in [3.8, 4) is 0 Å². The molecule has 0 aromatic heterocycles. The summed E-state index contributed by atoms with van der Waals surface area (Å²) in [6, 6.07) is 5.86. The summed E-state index contributed by atoms with van der Waals surface area (Å²) in [7, 11) is 0. The molecule has 2 N–H and O–H groups in total. The summed E-state index contributed by atoms with van der Waals surface area (Å²) in [5.74, 6) is -0.124. The first kappa shape index (κ1) is 14.4. The molecule has 0 bridgehead atoms. The Morgan fingerprint density at radius 2 is 2.24 bits per heavy atom. The quantitative estimate of drug-likeness (QED) is 0.903. The van der Waals surface area contributed by atoms with Crippen molar-refractivity contribution in [2.45, 2.75) is 32.4 Å². The molecule has 2 nitrogen and oxygen atoms in total. The van der Waals surface area contributed by atoms with Gasteiger partial charge >= 0.3 is 0 Å². The van der Waals surface area contributed by atoms with Crippen LogP contribution in [-0.2, 0) is 6.54 Å². The molecule has 1 atom stereocenters. The van der Waals surface area contributed by atoms with Gasteiger partial charge in [0.25, 0.3) is 0 Å². The predicted octanol–water partition coefficient (Wildman–Crippen LogP) is 2.48. The van der Waals surface area contributed by atoms with Crippen molar-refractivity contribution >= 4 is 12.4 Å². The number of hydrogen-bond donors (Lipinski definition) is 1. The zero-order chi connectivity index (χ0) is 11.5. The van der Waals surface area contributed by atoms with E-state index < -0.39 is 0 Å². The van der Waals surface area contributed by atoms with Crippen molar-refractivity contribution < 1.29 is 4.39 Å². The van der Waals surface area contributed by atoms with Gasteiger partial charge in [0.05, 0.1) is 0 Å². The molecule has 0 saturated carbocycles. The smallest absolute Gasteiger partial charge is 0.126 e. The molecule has 0 radical (unpaired) electrons. The van der Waals surface area contributed by atoms with Crippen LogP contribution in [0.1, 0.15) is 24.0 Å². The fourth-order valence-electron chi connectivity index (χ4n) is 2.41. The van der Waals surface area contributed by atoms with Gasteiger partial charge in [-0.15, -0.1) is 12.4 Å². The van der Waals surface area contributed by atoms with Gasteiger partial charge in [-0.1, -0.05) is 12.1 Å². The van der Waals surface area contributed by atoms with Crippen LogP contribution in [0.15, 0.2) is 18.2 Å². The summed E-state index contributed by atoms with van der Waals surface area (Å²) in [6.45, 7) is 4.53. The molecule has 96 valence electrons. The number of nitrogens with two attached hydrogens (primary N) is 1. The van der Waals surface area contributed by atoms with Crippen LogP contribution in [0, 0.1) is 12.7 Å². The van der Waals surface area contributed by atoms with Crippen LogP contribution in [0.5, 0.6) is 0 Å². The maximum absolute atomic E-state index is 13.1. The average molecular weight is 259 g/mol. The Morgan fingerprint density at radius 1 is 1.47 bits per heavy atom. The first-order valence-electron chi connectivity index (χ1n) is 5.90. The Morgan fingerprint density at radius 3 is 2.88 bits per heavy atom. The minimum atomic E-state index is -0.124. The standard InChI is InChI=1S/C13H19FN2.ClH/c1-10-7-11(4-5-13(10)14)9-16-6-2-3-12(16)8-15;/h4-5,7,12H,2-3,6,8-9,15H2,1H3;1H. The Labute approximate surface area is 108 Å². The van der Waals surface area contributed by atoms with E-state index in [4.69, 9.17) is 5.73 Å². The van der Waals surface area contributed by atoms with E-state index in [9.17, 15) is 4.39 Å². The summed E-state index contributed by atoms with van der Waals surface area (Å²) >= 11 is 0. The maximum Gasteiger partial charge on any atom is 0.126 e. The second-order valence-electron chi connectivity index (χ2n) is 4.59. The Hall–Kier alpha value is -0.640. The number of benzene rings is 1. The number of likely N-dealkylation sites (tertiary alicyclic amines) is 1. The first-order chi connectivity index (χ1) is 7.70. The van der Waals surface area contributed by atoms with E-state index in [1.54, 1.807) is 6.07 Å². The molecule has 0 spiro atoms. The number of hydrogen-bond acceptors (Lipinski definition) is 2. The summed E-state index contributed by atoms with van der Waals surface area (Å²) < 4.78 is 13.1. The highest BCUT2D eigenvalue weighted by Crippen LogP contribution is 2.20. The molecule has 4 heteroatoms. The number of halogens is 2. The van der Waals surface area contributed by atoms with E-state index in [2.05, 4.69) is 4.90 Å². The first-order valence-corrected chi connectivity index (χ1v) is 5.90. The van der Waals surface area contributed by atoms with Crippen LogP contribution >= 0.6 is 12.4 Å². The molecule has 1 unspecified atom stereocenters. The Balaban J connectivity index is 0.00000144. The molecule has 1 fully saturated rings. The van der Waals surface area contributed by atoms with Crippen LogP contribution < -0.4 is 5.73 Å². The molecule has 1 aromatic rings. The molecule has 17 heavy (non-hydrogen) atoms. The largest absolute Gasteiger partial charge is 0.329 e. The molecule has 1 heterocycles. The molecular formula is C13H20ClFN2. The van der Waals surface area contributed by atoms with E-state index in [0.717, 1.165) is 25.2 Å². The van der Waals surface area contributed by atoms with Gasteiger partial charge in [-0.05, 0) is 43.5 Å². The molecule has 1 aliphatic heterocycles. The Bertz CT molecular complexity index is 370. The number of aryl methyl sites for hydroxylation is 1. The second-order valence-corrected chi connectivity index (χ2v) is 4.59. The maximum atomic E-state index is 13.1. The topological polar surface area (TPSA) is 29.3 Å². The van der Waals surface area contributed by atoms with Crippen LogP contribution in [0.2, 0.25) is 0 Å². The zero-order valence-electron chi connectivity index (χ0n) is 10.2. The van der Waals surface area contributed by atoms with Crippen LogP contribution in [0.25, 0.3) is 0 Å². The van der Waals surface area contributed by atoms with Crippen LogP contribution in [0.4, 0.5) is 4.39 Å². The molecular weight excluding hydrogens is 239 g/mol. The second kappa shape index (κ2) is 6.34. The van der Waals surface area contributed by atoms with Crippen molar-refractivity contribution in [1.29, 1.82) is 0 Å². The van der Waals surface area contributed by atoms with Crippen molar-refractivity contribution in [3.63, 3.8) is 0 Å². The Kier molecular flexibility index (Phi) is 5.37. The van der Waals surface area contributed by atoms with E-state index in [-0.39, 0.29) is 18.2 Å². The minimum Gasteiger partial charge on any atom is -0.329 e. The van der Waals surface area contributed by atoms with Gasteiger partial charge in [0, 0.05) is 19.1 Å². The predicted molar refractivity (Wildman–Crippen MR) is 70.9 cm³/mol. The lowest BCUT2D eigenvalue weighted by molar-refractivity contribution is 0.250. The lowest BCUT2D eigenvalue weighted by Gasteiger charge is -2.23. The van der Waals surface area contributed by atoms with Gasteiger partial charge in [-0.2, -0.15) is 0 Å². The van der Waals surface area contributed by atoms with E-state index in [1.807, 2.05) is 19.1 Å². The zero-order valence-corrected chi connectivity index (χ0v) is 11.0. The average Bonchev–Trinajstić information content (AvgIpc) is 2.71. The van der Waals surface area contributed by atoms with E-state index in [0.29, 0.717) is 6.04 Å². The normalized spacial score (nSPS) is 20.3. The van der Waals surface area contributed by atoms with Gasteiger partial charge in [0.15, 0.2) is 0 Å². The van der Waals surface area contributed by atoms with Gasteiger partial charge in [0.2, 0.25) is 0 Å². The van der Waals surface area contributed by atoms with Crippen molar-refractivity contribution in [1.82, 2.24) is 4.90 Å². The van der Waals surface area contributed by atoms with E-state index in [1.165, 1.54) is 18.4 Å².